The first-order chi connectivity index (χ1) is 12.4. The Morgan fingerprint density at radius 2 is 1.81 bits per heavy atom. The molecule has 4 N–H and O–H groups in total. The minimum Gasteiger partial charge on any atom is -0.393 e. The van der Waals surface area contributed by atoms with Crippen molar-refractivity contribution in [2.45, 2.75) is 25.0 Å². The van der Waals surface area contributed by atoms with Crippen LogP contribution >= 0.6 is 0 Å². The van der Waals surface area contributed by atoms with E-state index >= 15 is 0 Å². The van der Waals surface area contributed by atoms with Gasteiger partial charge in [0.15, 0.2) is 6.04 Å². The Morgan fingerprint density at radius 1 is 1.19 bits per heavy atom. The minimum absolute atomic E-state index is 0.197. The molecule has 0 radical (unpaired) electrons. The van der Waals surface area contributed by atoms with Crippen LogP contribution in [0.4, 0.5) is 0 Å². The van der Waals surface area contributed by atoms with Crippen molar-refractivity contribution >= 4 is 17.7 Å². The lowest BCUT2D eigenvalue weighted by molar-refractivity contribution is -0.140. The maximum Gasteiger partial charge on any atom is 0.275 e. The molecule has 1 aromatic rings. The number of carbonyl (C=O) groups is 3. The zero-order chi connectivity index (χ0) is 19.3. The van der Waals surface area contributed by atoms with Crippen molar-refractivity contribution in [3.05, 3.63) is 35.4 Å². The molecule has 1 aliphatic rings. The molecule has 1 atom stereocenters. The summed E-state index contributed by atoms with van der Waals surface area (Å²) in [6.07, 6.45) is 1.11. The molecule has 0 bridgehead atoms. The van der Waals surface area contributed by atoms with Gasteiger partial charge >= 0.3 is 0 Å². The second-order valence-electron chi connectivity index (χ2n) is 6.08. The van der Waals surface area contributed by atoms with Gasteiger partial charge in [-0.1, -0.05) is 11.8 Å². The highest BCUT2D eigenvalue weighted by Gasteiger charge is 2.33. The van der Waals surface area contributed by atoms with E-state index in [2.05, 4.69) is 17.2 Å². The highest BCUT2D eigenvalue weighted by atomic mass is 16.5. The average Bonchev–Trinajstić information content (AvgIpc) is 2.63. The van der Waals surface area contributed by atoms with Gasteiger partial charge in [0, 0.05) is 31.1 Å². The molecule has 8 nitrogen and oxygen atoms in total. The monoisotopic (exact) mass is 359 g/mol. The lowest BCUT2D eigenvalue weighted by Crippen LogP contribution is -2.54. The Morgan fingerprint density at radius 3 is 2.31 bits per heavy atom. The maximum atomic E-state index is 12.5. The first-order valence-corrected chi connectivity index (χ1v) is 8.09. The number of benzene rings is 1. The van der Waals surface area contributed by atoms with Gasteiger partial charge in [0.25, 0.3) is 17.7 Å². The molecule has 1 aromatic carbocycles. The number of likely N-dealkylation sites (N-methyl/N-ethyl adjacent to an activating group) is 2. The number of hydrogen-bond donors (Lipinski definition) is 4. The first-order valence-electron chi connectivity index (χ1n) is 8.09. The first kappa shape index (κ1) is 19.4. The molecule has 3 amide bonds. The van der Waals surface area contributed by atoms with Gasteiger partial charge < -0.3 is 15.3 Å². The summed E-state index contributed by atoms with van der Waals surface area (Å²) in [6.45, 7) is 0. The molecule has 0 aromatic heterocycles. The number of hydrogen-bond acceptors (Lipinski definition) is 5. The summed E-state index contributed by atoms with van der Waals surface area (Å²) in [7, 11) is 2.62. The summed E-state index contributed by atoms with van der Waals surface area (Å²) >= 11 is 0. The van der Waals surface area contributed by atoms with E-state index in [1.807, 2.05) is 0 Å². The second kappa shape index (κ2) is 8.47. The van der Waals surface area contributed by atoms with E-state index in [0.717, 1.165) is 10.5 Å². The van der Waals surface area contributed by atoms with Gasteiger partial charge in [-0.25, -0.2) is 5.48 Å². The van der Waals surface area contributed by atoms with Crippen LogP contribution < -0.4 is 10.8 Å². The Balaban J connectivity index is 2.10. The van der Waals surface area contributed by atoms with Crippen LogP contribution in [-0.2, 0) is 9.59 Å². The smallest absolute Gasteiger partial charge is 0.275 e. The van der Waals surface area contributed by atoms with Gasteiger partial charge in [-0.3, -0.25) is 19.6 Å². The number of nitrogens with one attached hydrogen (secondary N) is 2. The van der Waals surface area contributed by atoms with Crippen LogP contribution in [0.5, 0.6) is 0 Å². The summed E-state index contributed by atoms with van der Waals surface area (Å²) in [6, 6.07) is 4.95. The van der Waals surface area contributed by atoms with E-state index in [-0.39, 0.29) is 17.6 Å². The number of carbonyl (C=O) groups excluding carboxylic acids is 3. The summed E-state index contributed by atoms with van der Waals surface area (Å²) in [5, 5.41) is 20.3. The van der Waals surface area contributed by atoms with Crippen LogP contribution in [0.15, 0.2) is 24.3 Å². The topological polar surface area (TPSA) is 119 Å². The van der Waals surface area contributed by atoms with Crippen molar-refractivity contribution in [2.75, 3.05) is 14.1 Å². The Labute approximate surface area is 151 Å². The predicted octanol–water partition coefficient (Wildman–Crippen LogP) is -0.499. The van der Waals surface area contributed by atoms with E-state index in [0.29, 0.717) is 12.8 Å². The highest BCUT2D eigenvalue weighted by molar-refractivity contribution is 6.08. The molecular formula is C18H21N3O5. The van der Waals surface area contributed by atoms with Gasteiger partial charge in [0.05, 0.1) is 6.10 Å². The van der Waals surface area contributed by atoms with Crippen LogP contribution in [0.25, 0.3) is 0 Å². The quantitative estimate of drug-likeness (QED) is 0.250. The number of nitrogens with zero attached hydrogens (tertiary/aromatic N) is 1. The Bertz CT molecular complexity index is 728. The molecule has 1 aliphatic carbocycles. The lowest BCUT2D eigenvalue weighted by atomic mass is 9.83. The fourth-order valence-corrected chi connectivity index (χ4v) is 2.58. The van der Waals surface area contributed by atoms with Gasteiger partial charge in [-0.05, 0) is 37.1 Å². The van der Waals surface area contributed by atoms with Gasteiger partial charge in [-0.15, -0.1) is 0 Å². The number of aliphatic hydroxyl groups excluding tert-OH is 1. The summed E-state index contributed by atoms with van der Waals surface area (Å²) in [5.74, 6) is 3.97. The van der Waals surface area contributed by atoms with Crippen molar-refractivity contribution < 1.29 is 24.7 Å². The number of amides is 3. The van der Waals surface area contributed by atoms with Crippen molar-refractivity contribution in [3.63, 3.8) is 0 Å². The third-order valence-corrected chi connectivity index (χ3v) is 4.23. The second-order valence-corrected chi connectivity index (χ2v) is 6.08. The van der Waals surface area contributed by atoms with Crippen LogP contribution in [0.3, 0.4) is 0 Å². The van der Waals surface area contributed by atoms with Gasteiger partial charge in [0.1, 0.15) is 0 Å². The molecule has 1 fully saturated rings. The standard InChI is InChI=1S/C18H21N3O5/c1-19-16(23)15(17(24)20-26)21(2)18(25)13-7-5-11(6-8-13)3-4-12-9-14(22)10-12/h5-8,12,14-15,22,26H,9-10H2,1-2H3,(H,19,23)(H,20,24). The molecule has 138 valence electrons. The van der Waals surface area contributed by atoms with E-state index in [9.17, 15) is 19.5 Å². The van der Waals surface area contributed by atoms with E-state index < -0.39 is 23.8 Å². The molecule has 0 saturated heterocycles. The Hall–Kier alpha value is -2.89. The number of aliphatic hydroxyl groups is 1. The molecule has 8 heteroatoms. The fourth-order valence-electron chi connectivity index (χ4n) is 2.58. The Kier molecular flexibility index (Phi) is 6.33. The third kappa shape index (κ3) is 4.39. The van der Waals surface area contributed by atoms with Crippen molar-refractivity contribution in [1.29, 1.82) is 0 Å². The number of hydroxylamine groups is 1. The van der Waals surface area contributed by atoms with E-state index in [1.165, 1.54) is 19.6 Å². The van der Waals surface area contributed by atoms with Crippen molar-refractivity contribution in [1.82, 2.24) is 15.7 Å². The largest absolute Gasteiger partial charge is 0.393 e. The van der Waals surface area contributed by atoms with Crippen LogP contribution in [0.1, 0.15) is 28.8 Å². The zero-order valence-corrected chi connectivity index (χ0v) is 14.5. The predicted molar refractivity (Wildman–Crippen MR) is 91.9 cm³/mol. The lowest BCUT2D eigenvalue weighted by Gasteiger charge is -2.26. The van der Waals surface area contributed by atoms with Crippen molar-refractivity contribution in [3.8, 4) is 11.8 Å². The zero-order valence-electron chi connectivity index (χ0n) is 14.5. The van der Waals surface area contributed by atoms with Crippen molar-refractivity contribution in [2.24, 2.45) is 5.92 Å². The number of rotatable bonds is 4. The third-order valence-electron chi connectivity index (χ3n) is 4.23. The van der Waals surface area contributed by atoms with Crippen LogP contribution in [0, 0.1) is 17.8 Å². The minimum atomic E-state index is -1.50. The van der Waals surface area contributed by atoms with E-state index in [1.54, 1.807) is 24.3 Å². The molecular weight excluding hydrogens is 338 g/mol. The van der Waals surface area contributed by atoms with E-state index in [4.69, 9.17) is 5.21 Å². The van der Waals surface area contributed by atoms with Crippen LogP contribution in [0.2, 0.25) is 0 Å². The van der Waals surface area contributed by atoms with Gasteiger partial charge in [-0.2, -0.15) is 0 Å². The fraction of sp³-hybridized carbons (Fsp3) is 0.389. The molecule has 1 unspecified atom stereocenters. The summed E-state index contributed by atoms with van der Waals surface area (Å²) < 4.78 is 0. The molecule has 0 aliphatic heterocycles. The normalized spacial score (nSPS) is 19.2. The summed E-state index contributed by atoms with van der Waals surface area (Å²) in [4.78, 5) is 37.0. The molecule has 26 heavy (non-hydrogen) atoms. The summed E-state index contributed by atoms with van der Waals surface area (Å²) in [5.41, 5.74) is 2.39. The molecule has 1 saturated carbocycles. The molecule has 2 rings (SSSR count). The molecule has 0 heterocycles. The van der Waals surface area contributed by atoms with Gasteiger partial charge in [0.2, 0.25) is 0 Å². The maximum absolute atomic E-state index is 12.5. The average molecular weight is 359 g/mol. The molecule has 0 spiro atoms. The SMILES string of the molecule is CNC(=O)C(C(=O)NO)N(C)C(=O)c1ccc(C#CC2CC(O)C2)cc1. The van der Waals surface area contributed by atoms with Crippen LogP contribution in [-0.4, -0.2) is 59.2 Å². The highest BCUT2D eigenvalue weighted by Crippen LogP contribution is 2.26.